The molecule has 5 heteroatoms. The van der Waals surface area contributed by atoms with Crippen molar-refractivity contribution in [2.24, 2.45) is 0 Å². The van der Waals surface area contributed by atoms with E-state index >= 15 is 0 Å². The highest BCUT2D eigenvalue weighted by molar-refractivity contribution is 6.07. The molecule has 3 rings (SSSR count). The van der Waals surface area contributed by atoms with Crippen LogP contribution in [0.5, 0.6) is 17.2 Å². The van der Waals surface area contributed by atoms with Gasteiger partial charge in [-0.15, -0.1) is 0 Å². The second kappa shape index (κ2) is 4.45. The van der Waals surface area contributed by atoms with Crippen LogP contribution in [0.2, 0.25) is 0 Å². The summed E-state index contributed by atoms with van der Waals surface area (Å²) < 4.78 is 15.6. The van der Waals surface area contributed by atoms with Crippen molar-refractivity contribution < 1.29 is 19.0 Å². The average Bonchev–Trinajstić information content (AvgIpc) is 2.47. The topological polar surface area (TPSA) is 68.9 Å². The average molecular weight is 272 g/mol. The van der Waals surface area contributed by atoms with Gasteiger partial charge in [0.05, 0.1) is 19.6 Å². The second-order valence-electron chi connectivity index (χ2n) is 4.27. The van der Waals surface area contributed by atoms with Gasteiger partial charge in [-0.05, 0) is 12.1 Å². The minimum absolute atomic E-state index is 0.0733. The molecule has 0 spiro atoms. The summed E-state index contributed by atoms with van der Waals surface area (Å²) in [6, 6.07) is 8.54. The molecule has 1 heterocycles. The Bertz CT molecular complexity index is 863. The Hall–Kier alpha value is -2.69. The highest BCUT2D eigenvalue weighted by Gasteiger charge is 2.19. The SMILES string of the molecule is COc1c(O)cc2c(oc(=O)c3ccccc32)c1OC. The molecule has 0 aliphatic carbocycles. The lowest BCUT2D eigenvalue weighted by Crippen LogP contribution is -2.01. The van der Waals surface area contributed by atoms with E-state index in [0.29, 0.717) is 16.2 Å². The standard InChI is InChI=1S/C15H12O5/c1-18-13-11(16)7-10-8-5-3-4-6-9(8)15(17)20-12(10)14(13)19-2/h3-7,16H,1-2H3. The van der Waals surface area contributed by atoms with Crippen molar-refractivity contribution in [1.82, 2.24) is 0 Å². The minimum atomic E-state index is -0.459. The summed E-state index contributed by atoms with van der Waals surface area (Å²) in [5.74, 6) is 0.264. The molecule has 1 N–H and O–H groups in total. The Morgan fingerprint density at radius 1 is 1.00 bits per heavy atom. The first-order valence-electron chi connectivity index (χ1n) is 5.97. The first-order valence-corrected chi connectivity index (χ1v) is 5.97. The lowest BCUT2D eigenvalue weighted by molar-refractivity contribution is 0.331. The predicted molar refractivity (Wildman–Crippen MR) is 74.8 cm³/mol. The van der Waals surface area contributed by atoms with E-state index in [9.17, 15) is 9.90 Å². The molecular weight excluding hydrogens is 260 g/mol. The van der Waals surface area contributed by atoms with Crippen LogP contribution in [0, 0.1) is 0 Å². The molecule has 0 amide bonds. The van der Waals surface area contributed by atoms with E-state index in [4.69, 9.17) is 13.9 Å². The quantitative estimate of drug-likeness (QED) is 0.573. The van der Waals surface area contributed by atoms with Crippen molar-refractivity contribution in [2.45, 2.75) is 0 Å². The Morgan fingerprint density at radius 2 is 1.65 bits per heavy atom. The third-order valence-electron chi connectivity index (χ3n) is 3.21. The van der Waals surface area contributed by atoms with Crippen LogP contribution in [0.3, 0.4) is 0 Å². The molecule has 0 unspecified atom stereocenters. The van der Waals surface area contributed by atoms with Gasteiger partial charge in [-0.2, -0.15) is 0 Å². The molecule has 0 saturated carbocycles. The molecule has 0 saturated heterocycles. The fourth-order valence-electron chi connectivity index (χ4n) is 2.34. The zero-order valence-corrected chi connectivity index (χ0v) is 11.0. The van der Waals surface area contributed by atoms with E-state index in [1.54, 1.807) is 18.2 Å². The lowest BCUT2D eigenvalue weighted by atomic mass is 10.1. The third-order valence-corrected chi connectivity index (χ3v) is 3.21. The van der Waals surface area contributed by atoms with Gasteiger partial charge in [-0.1, -0.05) is 18.2 Å². The van der Waals surface area contributed by atoms with E-state index in [-0.39, 0.29) is 22.8 Å². The Balaban J connectivity index is 2.60. The van der Waals surface area contributed by atoms with Gasteiger partial charge in [-0.25, -0.2) is 4.79 Å². The largest absolute Gasteiger partial charge is 0.504 e. The van der Waals surface area contributed by atoms with E-state index in [1.165, 1.54) is 20.3 Å². The van der Waals surface area contributed by atoms with Crippen LogP contribution in [0.15, 0.2) is 39.5 Å². The molecular formula is C15H12O5. The molecule has 0 bridgehead atoms. The number of ether oxygens (including phenoxy) is 2. The lowest BCUT2D eigenvalue weighted by Gasteiger charge is -2.12. The van der Waals surface area contributed by atoms with Crippen molar-refractivity contribution in [2.75, 3.05) is 14.2 Å². The monoisotopic (exact) mass is 272 g/mol. The van der Waals surface area contributed by atoms with Crippen LogP contribution in [0.1, 0.15) is 0 Å². The van der Waals surface area contributed by atoms with Crippen molar-refractivity contribution in [1.29, 1.82) is 0 Å². The number of phenols is 1. The molecule has 0 aliphatic rings. The second-order valence-corrected chi connectivity index (χ2v) is 4.27. The fourth-order valence-corrected chi connectivity index (χ4v) is 2.34. The summed E-state index contributed by atoms with van der Waals surface area (Å²) in [7, 11) is 2.83. The summed E-state index contributed by atoms with van der Waals surface area (Å²) in [5.41, 5.74) is -0.204. The molecule has 0 radical (unpaired) electrons. The molecule has 20 heavy (non-hydrogen) atoms. The first kappa shape index (κ1) is 12.3. The summed E-state index contributed by atoms with van der Waals surface area (Å²) >= 11 is 0. The number of benzene rings is 2. The summed E-state index contributed by atoms with van der Waals surface area (Å²) in [6.45, 7) is 0. The zero-order valence-electron chi connectivity index (χ0n) is 11.0. The maximum atomic E-state index is 12.0. The van der Waals surface area contributed by atoms with Gasteiger partial charge in [0, 0.05) is 10.8 Å². The van der Waals surface area contributed by atoms with Crippen molar-refractivity contribution in [3.8, 4) is 17.2 Å². The van der Waals surface area contributed by atoms with Crippen LogP contribution in [0.4, 0.5) is 0 Å². The number of hydrogen-bond acceptors (Lipinski definition) is 5. The summed E-state index contributed by atoms with van der Waals surface area (Å²) in [6.07, 6.45) is 0. The number of fused-ring (bicyclic) bond motifs is 3. The van der Waals surface area contributed by atoms with Gasteiger partial charge in [-0.3, -0.25) is 0 Å². The van der Waals surface area contributed by atoms with Crippen LogP contribution >= 0.6 is 0 Å². The Kier molecular flexibility index (Phi) is 2.75. The molecule has 2 aromatic carbocycles. The molecule has 1 aromatic heterocycles. The number of hydrogen-bond donors (Lipinski definition) is 1. The van der Waals surface area contributed by atoms with E-state index in [1.807, 2.05) is 6.07 Å². The van der Waals surface area contributed by atoms with Crippen molar-refractivity contribution in [3.63, 3.8) is 0 Å². The summed E-state index contributed by atoms with van der Waals surface area (Å²) in [4.78, 5) is 12.0. The van der Waals surface area contributed by atoms with Gasteiger partial charge in [0.15, 0.2) is 11.3 Å². The molecule has 0 aliphatic heterocycles. The fraction of sp³-hybridized carbons (Fsp3) is 0.133. The van der Waals surface area contributed by atoms with E-state index in [0.717, 1.165) is 0 Å². The molecule has 5 nitrogen and oxygen atoms in total. The normalized spacial score (nSPS) is 10.9. The molecule has 0 atom stereocenters. The van der Waals surface area contributed by atoms with Crippen LogP contribution < -0.4 is 15.1 Å². The van der Waals surface area contributed by atoms with Gasteiger partial charge in [0.2, 0.25) is 11.5 Å². The number of methoxy groups -OCH3 is 2. The van der Waals surface area contributed by atoms with E-state index in [2.05, 4.69) is 0 Å². The van der Waals surface area contributed by atoms with E-state index < -0.39 is 5.63 Å². The minimum Gasteiger partial charge on any atom is -0.504 e. The Labute approximate surface area is 114 Å². The first-order chi connectivity index (χ1) is 9.67. The molecule has 0 fully saturated rings. The van der Waals surface area contributed by atoms with Crippen LogP contribution in [-0.4, -0.2) is 19.3 Å². The summed E-state index contributed by atoms with van der Waals surface area (Å²) in [5, 5.41) is 11.8. The van der Waals surface area contributed by atoms with Gasteiger partial charge >= 0.3 is 5.63 Å². The zero-order chi connectivity index (χ0) is 14.3. The van der Waals surface area contributed by atoms with Gasteiger partial charge < -0.3 is 19.0 Å². The molecule has 3 aromatic rings. The maximum absolute atomic E-state index is 12.0. The van der Waals surface area contributed by atoms with Crippen LogP contribution in [-0.2, 0) is 0 Å². The Morgan fingerprint density at radius 3 is 2.30 bits per heavy atom. The highest BCUT2D eigenvalue weighted by Crippen LogP contribution is 2.43. The van der Waals surface area contributed by atoms with Gasteiger partial charge in [0.25, 0.3) is 0 Å². The highest BCUT2D eigenvalue weighted by atomic mass is 16.5. The third kappa shape index (κ3) is 1.60. The molecule has 102 valence electrons. The predicted octanol–water partition coefficient (Wildman–Crippen LogP) is 2.67. The van der Waals surface area contributed by atoms with Crippen LogP contribution in [0.25, 0.3) is 21.7 Å². The van der Waals surface area contributed by atoms with Gasteiger partial charge in [0.1, 0.15) is 0 Å². The smallest absolute Gasteiger partial charge is 0.344 e. The number of rotatable bonds is 2. The maximum Gasteiger partial charge on any atom is 0.344 e. The number of aromatic hydroxyl groups is 1. The number of phenolic OH excluding ortho intramolecular Hbond substituents is 1. The van der Waals surface area contributed by atoms with Crippen molar-refractivity contribution in [3.05, 3.63) is 40.8 Å². The van der Waals surface area contributed by atoms with Crippen molar-refractivity contribution >= 4 is 21.7 Å².